The molecule has 0 radical (unpaired) electrons. The Morgan fingerprint density at radius 1 is 1.03 bits per heavy atom. The summed E-state index contributed by atoms with van der Waals surface area (Å²) in [6.45, 7) is 0.283. The van der Waals surface area contributed by atoms with Crippen molar-refractivity contribution in [1.82, 2.24) is 14.8 Å². The van der Waals surface area contributed by atoms with Gasteiger partial charge in [-0.25, -0.2) is 8.42 Å². The lowest BCUT2D eigenvalue weighted by molar-refractivity contribution is 0.184. The van der Waals surface area contributed by atoms with Gasteiger partial charge >= 0.3 is 0 Å². The number of sulfone groups is 1. The maximum absolute atomic E-state index is 13.1. The van der Waals surface area contributed by atoms with Gasteiger partial charge < -0.3 is 13.9 Å². The van der Waals surface area contributed by atoms with Crippen molar-refractivity contribution >= 4 is 21.4 Å². The van der Waals surface area contributed by atoms with Crippen molar-refractivity contribution in [3.8, 4) is 23.0 Å². The van der Waals surface area contributed by atoms with Crippen molar-refractivity contribution in [1.29, 1.82) is 0 Å². The minimum atomic E-state index is -3.53. The minimum absolute atomic E-state index is 0.0472. The number of halogens is 1. The van der Waals surface area contributed by atoms with Crippen LogP contribution in [-0.4, -0.2) is 43.2 Å². The Bertz CT molecular complexity index is 1350. The zero-order chi connectivity index (χ0) is 24.1. The Kier molecular flexibility index (Phi) is 7.35. The van der Waals surface area contributed by atoms with Gasteiger partial charge in [-0.05, 0) is 42.3 Å². The lowest BCUT2D eigenvalue weighted by Gasteiger charge is -2.17. The number of furan rings is 1. The summed E-state index contributed by atoms with van der Waals surface area (Å²) in [5.41, 5.74) is 2.28. The van der Waals surface area contributed by atoms with E-state index in [1.54, 1.807) is 49.1 Å². The molecule has 178 valence electrons. The number of hydrogen-bond acceptors (Lipinski definition) is 7. The number of para-hydroxylation sites is 1. The van der Waals surface area contributed by atoms with E-state index in [4.69, 9.17) is 25.5 Å². The molecule has 0 aliphatic heterocycles. The summed E-state index contributed by atoms with van der Waals surface area (Å²) in [6.07, 6.45) is 1.89. The van der Waals surface area contributed by atoms with E-state index in [0.29, 0.717) is 34.5 Å². The lowest BCUT2D eigenvalue weighted by atomic mass is 10.1. The normalized spacial score (nSPS) is 11.6. The van der Waals surface area contributed by atoms with Crippen molar-refractivity contribution in [3.05, 3.63) is 82.8 Å². The van der Waals surface area contributed by atoms with E-state index in [1.165, 1.54) is 6.26 Å². The summed E-state index contributed by atoms with van der Waals surface area (Å²) in [4.78, 5) is 0. The minimum Gasteiger partial charge on any atom is -0.495 e. The van der Waals surface area contributed by atoms with Crippen molar-refractivity contribution in [2.75, 3.05) is 20.0 Å². The van der Waals surface area contributed by atoms with E-state index < -0.39 is 9.84 Å². The fourth-order valence-corrected chi connectivity index (χ4v) is 5.06. The molecule has 34 heavy (non-hydrogen) atoms. The zero-order valence-electron chi connectivity index (χ0n) is 18.8. The fraction of sp³-hybridized carbons (Fsp3) is 0.250. The SMILES string of the molecule is COCc1cccc(OC)c1-n1c(CS(=O)(=O)CCc2ccc(Cl)cc2)nnc1-c1ccco1. The topological polar surface area (TPSA) is 96.5 Å². The van der Waals surface area contributed by atoms with Crippen LogP contribution >= 0.6 is 11.6 Å². The number of aryl methyl sites for hydroxylation is 1. The van der Waals surface area contributed by atoms with Crippen LogP contribution in [-0.2, 0) is 33.4 Å². The second-order valence-electron chi connectivity index (χ2n) is 7.62. The van der Waals surface area contributed by atoms with Crippen molar-refractivity contribution < 1.29 is 22.3 Å². The quantitative estimate of drug-likeness (QED) is 0.316. The second-order valence-corrected chi connectivity index (χ2v) is 10.2. The Hall–Kier alpha value is -3.14. The average Bonchev–Trinajstić information content (AvgIpc) is 3.49. The van der Waals surface area contributed by atoms with E-state index in [9.17, 15) is 8.42 Å². The summed E-state index contributed by atoms with van der Waals surface area (Å²) in [5.74, 6) is 1.25. The van der Waals surface area contributed by atoms with Crippen molar-refractivity contribution in [2.45, 2.75) is 18.8 Å². The number of rotatable bonds is 10. The second kappa shape index (κ2) is 10.4. The maximum atomic E-state index is 13.1. The van der Waals surface area contributed by atoms with Gasteiger partial charge in [0.25, 0.3) is 0 Å². The van der Waals surface area contributed by atoms with Crippen LogP contribution in [0.3, 0.4) is 0 Å². The van der Waals surface area contributed by atoms with E-state index in [0.717, 1.165) is 11.1 Å². The van der Waals surface area contributed by atoms with E-state index >= 15 is 0 Å². The molecule has 0 bridgehead atoms. The molecular formula is C24H24ClN3O5S. The highest BCUT2D eigenvalue weighted by molar-refractivity contribution is 7.90. The number of benzene rings is 2. The Morgan fingerprint density at radius 3 is 2.50 bits per heavy atom. The maximum Gasteiger partial charge on any atom is 0.204 e. The first kappa shape index (κ1) is 24.0. The van der Waals surface area contributed by atoms with E-state index in [2.05, 4.69) is 10.2 Å². The van der Waals surface area contributed by atoms with Gasteiger partial charge in [-0.3, -0.25) is 4.57 Å². The molecule has 10 heteroatoms. The molecule has 2 aromatic heterocycles. The van der Waals surface area contributed by atoms with Crippen molar-refractivity contribution in [2.24, 2.45) is 0 Å². The largest absolute Gasteiger partial charge is 0.495 e. The molecule has 0 N–H and O–H groups in total. The van der Waals surface area contributed by atoms with Gasteiger partial charge in [0, 0.05) is 17.7 Å². The summed E-state index contributed by atoms with van der Waals surface area (Å²) < 4.78 is 44.4. The Labute approximate surface area is 203 Å². The molecular weight excluding hydrogens is 478 g/mol. The molecule has 0 saturated heterocycles. The van der Waals surface area contributed by atoms with Gasteiger partial charge in [-0.2, -0.15) is 0 Å². The number of ether oxygens (including phenoxy) is 2. The van der Waals surface area contributed by atoms with Gasteiger partial charge in [0.2, 0.25) is 5.82 Å². The number of methoxy groups -OCH3 is 2. The molecule has 2 heterocycles. The van der Waals surface area contributed by atoms with E-state index in [-0.39, 0.29) is 23.9 Å². The first-order valence-electron chi connectivity index (χ1n) is 10.5. The van der Waals surface area contributed by atoms with Crippen LogP contribution < -0.4 is 4.74 Å². The zero-order valence-corrected chi connectivity index (χ0v) is 20.3. The van der Waals surface area contributed by atoms with Crippen LogP contribution in [0.25, 0.3) is 17.3 Å². The molecule has 8 nitrogen and oxygen atoms in total. The molecule has 0 amide bonds. The summed E-state index contributed by atoms with van der Waals surface area (Å²) in [7, 11) is -0.394. The van der Waals surface area contributed by atoms with E-state index in [1.807, 2.05) is 24.3 Å². The third-order valence-corrected chi connectivity index (χ3v) is 7.04. The van der Waals surface area contributed by atoms with Gasteiger partial charge in [0.15, 0.2) is 21.4 Å². The summed E-state index contributed by atoms with van der Waals surface area (Å²) in [6, 6.07) is 16.1. The predicted molar refractivity (Wildman–Crippen MR) is 129 cm³/mol. The molecule has 4 aromatic rings. The van der Waals surface area contributed by atoms with Crippen LogP contribution in [0, 0.1) is 0 Å². The Balaban J connectivity index is 1.74. The molecule has 0 aliphatic rings. The highest BCUT2D eigenvalue weighted by Crippen LogP contribution is 2.33. The van der Waals surface area contributed by atoms with Crippen LogP contribution in [0.15, 0.2) is 65.3 Å². The number of nitrogens with zero attached hydrogens (tertiary/aromatic N) is 3. The summed E-state index contributed by atoms with van der Waals surface area (Å²) >= 11 is 5.93. The van der Waals surface area contributed by atoms with Crippen LogP contribution in [0.4, 0.5) is 0 Å². The number of aromatic nitrogens is 3. The molecule has 0 spiro atoms. The molecule has 0 unspecified atom stereocenters. The Morgan fingerprint density at radius 2 is 1.82 bits per heavy atom. The highest BCUT2D eigenvalue weighted by Gasteiger charge is 2.26. The summed E-state index contributed by atoms with van der Waals surface area (Å²) in [5, 5.41) is 9.11. The molecule has 0 fully saturated rings. The van der Waals surface area contributed by atoms with Gasteiger partial charge in [0.05, 0.1) is 31.4 Å². The van der Waals surface area contributed by atoms with Crippen LogP contribution in [0.1, 0.15) is 17.0 Å². The molecule has 2 aromatic carbocycles. The standard InChI is InChI=1S/C24H24ClN3O5S/c1-31-15-18-5-3-6-20(32-2)23(18)28-22(26-27-24(28)21-7-4-13-33-21)16-34(29,30)14-12-17-8-10-19(25)11-9-17/h3-11,13H,12,14-16H2,1-2H3. The molecule has 0 atom stereocenters. The predicted octanol–water partition coefficient (Wildman–Crippen LogP) is 4.49. The van der Waals surface area contributed by atoms with Gasteiger partial charge in [-0.1, -0.05) is 35.9 Å². The first-order chi connectivity index (χ1) is 16.4. The monoisotopic (exact) mass is 501 g/mol. The molecule has 0 saturated carbocycles. The fourth-order valence-electron chi connectivity index (χ4n) is 3.66. The highest BCUT2D eigenvalue weighted by atomic mass is 35.5. The third kappa shape index (κ3) is 5.32. The number of hydrogen-bond donors (Lipinski definition) is 0. The van der Waals surface area contributed by atoms with Crippen molar-refractivity contribution in [3.63, 3.8) is 0 Å². The lowest BCUT2D eigenvalue weighted by Crippen LogP contribution is -2.16. The van der Waals surface area contributed by atoms with Gasteiger partial charge in [0.1, 0.15) is 11.5 Å². The molecule has 4 rings (SSSR count). The third-order valence-electron chi connectivity index (χ3n) is 5.26. The van der Waals surface area contributed by atoms with Crippen LogP contribution in [0.2, 0.25) is 5.02 Å². The first-order valence-corrected chi connectivity index (χ1v) is 12.7. The smallest absolute Gasteiger partial charge is 0.204 e. The average molecular weight is 502 g/mol. The van der Waals surface area contributed by atoms with Gasteiger partial charge in [-0.15, -0.1) is 10.2 Å². The molecule has 0 aliphatic carbocycles. The van der Waals surface area contributed by atoms with Crippen LogP contribution in [0.5, 0.6) is 5.75 Å².